The van der Waals surface area contributed by atoms with E-state index < -0.39 is 18.3 Å². The van der Waals surface area contributed by atoms with E-state index in [0.29, 0.717) is 17.9 Å². The van der Waals surface area contributed by atoms with Crippen molar-refractivity contribution < 1.29 is 14.7 Å². The first-order valence-electron chi connectivity index (χ1n) is 12.0. The molecule has 3 N–H and O–H groups in total. The molecule has 3 aromatic rings. The van der Waals surface area contributed by atoms with Crippen LogP contribution in [0.5, 0.6) is 0 Å². The molecule has 0 radical (unpaired) electrons. The Hall–Kier alpha value is -3.26. The van der Waals surface area contributed by atoms with Gasteiger partial charge in [-0.2, -0.15) is 0 Å². The van der Waals surface area contributed by atoms with E-state index in [4.69, 9.17) is 0 Å². The molecule has 7 nitrogen and oxygen atoms in total. The fourth-order valence-corrected chi connectivity index (χ4v) is 4.89. The van der Waals surface area contributed by atoms with Crippen LogP contribution in [-0.4, -0.2) is 48.3 Å². The van der Waals surface area contributed by atoms with Crippen molar-refractivity contribution in [2.24, 2.45) is 0 Å². The fraction of sp³-hybridized carbons (Fsp3) is 0.357. The Morgan fingerprint density at radius 1 is 1.06 bits per heavy atom. The average molecular weight is 475 g/mol. The van der Waals surface area contributed by atoms with Crippen molar-refractivity contribution in [1.29, 1.82) is 0 Å². The Bertz CT molecular complexity index is 1240. The van der Waals surface area contributed by atoms with Crippen molar-refractivity contribution in [2.45, 2.75) is 58.6 Å². The maximum Gasteiger partial charge on any atom is 0.246 e. The number of fused-ring (bicyclic) bond motifs is 2. The van der Waals surface area contributed by atoms with E-state index in [0.717, 1.165) is 21.9 Å². The van der Waals surface area contributed by atoms with E-state index in [9.17, 15) is 14.7 Å². The van der Waals surface area contributed by atoms with Crippen molar-refractivity contribution >= 4 is 34.0 Å². The van der Waals surface area contributed by atoms with E-state index >= 15 is 0 Å². The Labute approximate surface area is 206 Å². The van der Waals surface area contributed by atoms with Gasteiger partial charge >= 0.3 is 0 Å². The zero-order valence-corrected chi connectivity index (χ0v) is 20.9. The van der Waals surface area contributed by atoms with Gasteiger partial charge in [0.25, 0.3) is 0 Å². The van der Waals surface area contributed by atoms with Gasteiger partial charge in [0.1, 0.15) is 12.3 Å². The van der Waals surface area contributed by atoms with Gasteiger partial charge < -0.3 is 20.2 Å². The molecular weight excluding hydrogens is 440 g/mol. The smallest absolute Gasteiger partial charge is 0.246 e. The number of amides is 2. The predicted molar refractivity (Wildman–Crippen MR) is 140 cm³/mol. The number of nitrogens with one attached hydrogen (secondary N) is 2. The zero-order chi connectivity index (χ0) is 25.3. The second-order valence-corrected chi connectivity index (χ2v) is 9.29. The highest BCUT2D eigenvalue weighted by Crippen LogP contribution is 2.37. The van der Waals surface area contributed by atoms with Crippen LogP contribution in [0.15, 0.2) is 60.7 Å². The number of para-hydroxylation sites is 2. The van der Waals surface area contributed by atoms with Gasteiger partial charge in [-0.3, -0.25) is 14.9 Å². The van der Waals surface area contributed by atoms with E-state index in [1.54, 1.807) is 16.8 Å². The summed E-state index contributed by atoms with van der Waals surface area (Å²) in [4.78, 5) is 30.4. The lowest BCUT2D eigenvalue weighted by molar-refractivity contribution is -0.122. The van der Waals surface area contributed by atoms with Crippen molar-refractivity contribution in [2.75, 3.05) is 16.8 Å². The second kappa shape index (κ2) is 10.2. The Morgan fingerprint density at radius 2 is 1.71 bits per heavy atom. The lowest BCUT2D eigenvalue weighted by Crippen LogP contribution is -2.61. The molecule has 0 aliphatic carbocycles. The number of aryl methyl sites for hydroxylation is 1. The minimum Gasteiger partial charge on any atom is -0.377 e. The Balaban J connectivity index is 1.86. The monoisotopic (exact) mass is 474 g/mol. The normalized spacial score (nSPS) is 19.9. The van der Waals surface area contributed by atoms with Gasteiger partial charge in [0.15, 0.2) is 0 Å². The zero-order valence-electron chi connectivity index (χ0n) is 20.9. The third kappa shape index (κ3) is 4.67. The topological polar surface area (TPSA) is 84.9 Å². The van der Waals surface area contributed by atoms with Crippen molar-refractivity contribution in [1.82, 2.24) is 10.6 Å². The summed E-state index contributed by atoms with van der Waals surface area (Å²) < 4.78 is 0. The first-order valence-corrected chi connectivity index (χ1v) is 12.0. The van der Waals surface area contributed by atoms with Crippen LogP contribution in [0.2, 0.25) is 0 Å². The number of likely N-dealkylation sites (N-methyl/N-ethyl adjacent to an activating group) is 1. The molecule has 0 aromatic heterocycles. The molecule has 4 unspecified atom stereocenters. The highest BCUT2D eigenvalue weighted by Gasteiger charge is 2.41. The first kappa shape index (κ1) is 24.9. The summed E-state index contributed by atoms with van der Waals surface area (Å²) in [7, 11) is 1.75. The van der Waals surface area contributed by atoms with Gasteiger partial charge in [0, 0.05) is 13.0 Å². The van der Waals surface area contributed by atoms with E-state index in [2.05, 4.69) is 41.8 Å². The van der Waals surface area contributed by atoms with Crippen LogP contribution in [0.1, 0.15) is 31.9 Å². The molecule has 0 spiro atoms. The highest BCUT2D eigenvalue weighted by atomic mass is 16.3. The van der Waals surface area contributed by atoms with Crippen LogP contribution in [0.25, 0.3) is 10.8 Å². The second-order valence-electron chi connectivity index (χ2n) is 9.29. The number of hydrogen-bond donors (Lipinski definition) is 3. The van der Waals surface area contributed by atoms with Gasteiger partial charge in [-0.15, -0.1) is 0 Å². The third-order valence-corrected chi connectivity index (χ3v) is 7.06. The third-order valence-electron chi connectivity index (χ3n) is 7.06. The highest BCUT2D eigenvalue weighted by molar-refractivity contribution is 6.07. The van der Waals surface area contributed by atoms with E-state index in [-0.39, 0.29) is 17.9 Å². The Kier molecular flexibility index (Phi) is 7.21. The summed E-state index contributed by atoms with van der Waals surface area (Å²) in [6.07, 6.45) is -0.979. The maximum absolute atomic E-state index is 14.2. The van der Waals surface area contributed by atoms with E-state index in [1.807, 2.05) is 50.2 Å². The number of carbonyl (C=O) groups is 2. The molecule has 0 bridgehead atoms. The van der Waals surface area contributed by atoms with Crippen LogP contribution in [-0.2, 0) is 16.1 Å². The molecule has 0 saturated carbocycles. The molecule has 35 heavy (non-hydrogen) atoms. The van der Waals surface area contributed by atoms with Gasteiger partial charge in [0.2, 0.25) is 11.8 Å². The van der Waals surface area contributed by atoms with Gasteiger partial charge in [-0.1, -0.05) is 48.5 Å². The average Bonchev–Trinajstić information content (AvgIpc) is 2.93. The van der Waals surface area contributed by atoms with Crippen molar-refractivity contribution in [3.05, 3.63) is 71.8 Å². The minimum atomic E-state index is -0.979. The molecule has 4 rings (SSSR count). The number of nitrogens with zero attached hydrogens (tertiary/aromatic N) is 2. The number of aliphatic hydroxyl groups excluding tert-OH is 1. The lowest BCUT2D eigenvalue weighted by Gasteiger charge is -2.34. The molecule has 1 aliphatic rings. The summed E-state index contributed by atoms with van der Waals surface area (Å²) in [5, 5.41) is 19.1. The SMILES string of the molecule is CNC(C)C(O)NC1C(=O)N(Cc2c(C)ccc3ccccc23)c2ccccc2N(C(C)=O)C1C. The van der Waals surface area contributed by atoms with Crippen LogP contribution >= 0.6 is 0 Å². The number of carbonyl (C=O) groups excluding carboxylic acids is 2. The first-order chi connectivity index (χ1) is 16.7. The van der Waals surface area contributed by atoms with Crippen molar-refractivity contribution in [3.63, 3.8) is 0 Å². The fourth-order valence-electron chi connectivity index (χ4n) is 4.89. The standard InChI is InChI=1S/C28H34N4O3/c1-17-14-15-21-10-6-7-11-22(21)23(17)16-31-24-12-8-9-13-25(24)32(20(4)33)19(3)26(28(31)35)30-27(34)18(2)29-5/h6-15,18-19,26-27,29-30,34H,16H2,1-5H3. The molecule has 4 atom stereocenters. The largest absolute Gasteiger partial charge is 0.377 e. The molecule has 3 aromatic carbocycles. The number of rotatable bonds is 6. The van der Waals surface area contributed by atoms with Gasteiger partial charge in [-0.05, 0) is 61.9 Å². The van der Waals surface area contributed by atoms with Gasteiger partial charge in [0.05, 0.1) is 24.0 Å². The van der Waals surface area contributed by atoms with E-state index in [1.165, 1.54) is 6.92 Å². The maximum atomic E-state index is 14.2. The molecular formula is C28H34N4O3. The minimum absolute atomic E-state index is 0.163. The molecule has 1 aliphatic heterocycles. The van der Waals surface area contributed by atoms with Crippen LogP contribution in [0, 0.1) is 6.92 Å². The van der Waals surface area contributed by atoms with Crippen LogP contribution in [0.4, 0.5) is 11.4 Å². The quantitative estimate of drug-likeness (QED) is 0.478. The predicted octanol–water partition coefficient (Wildman–Crippen LogP) is 3.32. The summed E-state index contributed by atoms with van der Waals surface area (Å²) in [5.41, 5.74) is 3.49. The summed E-state index contributed by atoms with van der Waals surface area (Å²) in [6.45, 7) is 7.58. The van der Waals surface area contributed by atoms with Crippen molar-refractivity contribution in [3.8, 4) is 0 Å². The summed E-state index contributed by atoms with van der Waals surface area (Å²) in [6, 6.07) is 18.2. The number of hydrogen-bond acceptors (Lipinski definition) is 5. The summed E-state index contributed by atoms with van der Waals surface area (Å²) in [5.74, 6) is -0.354. The molecule has 1 heterocycles. The number of aliphatic hydroxyl groups is 1. The summed E-state index contributed by atoms with van der Waals surface area (Å²) >= 11 is 0. The molecule has 0 saturated heterocycles. The number of anilines is 2. The molecule has 2 amide bonds. The molecule has 7 heteroatoms. The van der Waals surface area contributed by atoms with Gasteiger partial charge in [-0.25, -0.2) is 0 Å². The number of benzene rings is 3. The van der Waals surface area contributed by atoms with Crippen LogP contribution in [0.3, 0.4) is 0 Å². The molecule has 184 valence electrons. The molecule has 0 fully saturated rings. The lowest BCUT2D eigenvalue weighted by atomic mass is 9.98. The Morgan fingerprint density at radius 3 is 2.40 bits per heavy atom. The van der Waals surface area contributed by atoms with Crippen LogP contribution < -0.4 is 20.4 Å².